The molecule has 2 N–H and O–H groups in total. The fourth-order valence-electron chi connectivity index (χ4n) is 2.03. The number of ether oxygens (including phenoxy) is 2. The lowest BCUT2D eigenvalue weighted by atomic mass is 10.2. The second kappa shape index (κ2) is 8.68. The smallest absolute Gasteiger partial charge is 0.319 e. The van der Waals surface area contributed by atoms with Crippen molar-refractivity contribution in [2.45, 2.75) is 19.9 Å². The maximum Gasteiger partial charge on any atom is 0.319 e. The van der Waals surface area contributed by atoms with Gasteiger partial charge in [0.05, 0.1) is 13.7 Å². The number of hydrogen-bond acceptors (Lipinski definition) is 3. The van der Waals surface area contributed by atoms with Gasteiger partial charge in [-0.25, -0.2) is 4.79 Å². The summed E-state index contributed by atoms with van der Waals surface area (Å²) in [6.45, 7) is 3.10. The molecule has 0 aromatic heterocycles. The van der Waals surface area contributed by atoms with Crippen LogP contribution in [0.2, 0.25) is 0 Å². The molecule has 2 aromatic carbocycles. The fourth-order valence-corrected chi connectivity index (χ4v) is 2.03. The van der Waals surface area contributed by atoms with Crippen LogP contribution < -0.4 is 20.1 Å². The van der Waals surface area contributed by atoms with Crippen molar-refractivity contribution in [2.24, 2.45) is 0 Å². The molecular weight excluding hydrogens is 292 g/mol. The summed E-state index contributed by atoms with van der Waals surface area (Å²) in [7, 11) is 1.60. The van der Waals surface area contributed by atoms with E-state index in [1.165, 1.54) is 0 Å². The zero-order valence-electron chi connectivity index (χ0n) is 13.5. The van der Waals surface area contributed by atoms with Crippen LogP contribution in [0.1, 0.15) is 18.9 Å². The number of para-hydroxylation sites is 1. The molecule has 0 heterocycles. The van der Waals surface area contributed by atoms with E-state index in [4.69, 9.17) is 9.47 Å². The SMILES string of the molecule is CCCOc1ccc(CNC(=O)Nc2ccccc2)cc1OC. The minimum Gasteiger partial charge on any atom is -0.493 e. The molecule has 0 aliphatic rings. The van der Waals surface area contributed by atoms with E-state index in [1.54, 1.807) is 7.11 Å². The summed E-state index contributed by atoms with van der Waals surface area (Å²) in [4.78, 5) is 11.9. The number of carbonyl (C=O) groups is 1. The van der Waals surface area contributed by atoms with Gasteiger partial charge in [0.25, 0.3) is 0 Å². The van der Waals surface area contributed by atoms with Gasteiger partial charge in [0.2, 0.25) is 0 Å². The van der Waals surface area contributed by atoms with Crippen molar-refractivity contribution in [1.82, 2.24) is 5.32 Å². The first kappa shape index (κ1) is 16.7. The summed E-state index contributed by atoms with van der Waals surface area (Å²) in [5.41, 5.74) is 1.69. The minimum atomic E-state index is -0.249. The Hall–Kier alpha value is -2.69. The lowest BCUT2D eigenvalue weighted by Gasteiger charge is -2.12. The molecule has 0 unspecified atom stereocenters. The van der Waals surface area contributed by atoms with E-state index in [2.05, 4.69) is 17.6 Å². The Balaban J connectivity index is 1.91. The van der Waals surface area contributed by atoms with Crippen LogP contribution >= 0.6 is 0 Å². The fraction of sp³-hybridized carbons (Fsp3) is 0.278. The summed E-state index contributed by atoms with van der Waals surface area (Å²) in [5, 5.41) is 5.59. The number of anilines is 1. The third kappa shape index (κ3) is 5.21. The number of carbonyl (C=O) groups excluding carboxylic acids is 1. The number of amides is 2. The largest absolute Gasteiger partial charge is 0.493 e. The van der Waals surface area contributed by atoms with Crippen LogP contribution in [0, 0.1) is 0 Å². The molecule has 2 amide bonds. The second-order valence-electron chi connectivity index (χ2n) is 5.01. The topological polar surface area (TPSA) is 59.6 Å². The highest BCUT2D eigenvalue weighted by Gasteiger charge is 2.07. The van der Waals surface area contributed by atoms with Gasteiger partial charge in [-0.2, -0.15) is 0 Å². The number of nitrogens with one attached hydrogen (secondary N) is 2. The maximum atomic E-state index is 11.9. The van der Waals surface area contributed by atoms with Crippen molar-refractivity contribution in [3.8, 4) is 11.5 Å². The van der Waals surface area contributed by atoms with Crippen LogP contribution in [-0.2, 0) is 6.54 Å². The van der Waals surface area contributed by atoms with Gasteiger partial charge in [-0.1, -0.05) is 31.2 Å². The second-order valence-corrected chi connectivity index (χ2v) is 5.01. The third-order valence-corrected chi connectivity index (χ3v) is 3.17. The first-order valence-corrected chi connectivity index (χ1v) is 7.62. The summed E-state index contributed by atoms with van der Waals surface area (Å²) in [6.07, 6.45) is 0.937. The maximum absolute atomic E-state index is 11.9. The molecular formula is C18H22N2O3. The first-order valence-electron chi connectivity index (χ1n) is 7.62. The Bertz CT molecular complexity index is 629. The highest BCUT2D eigenvalue weighted by molar-refractivity contribution is 5.89. The molecule has 0 radical (unpaired) electrons. The van der Waals surface area contributed by atoms with E-state index in [1.807, 2.05) is 48.5 Å². The molecule has 0 aliphatic carbocycles. The zero-order chi connectivity index (χ0) is 16.5. The predicted octanol–water partition coefficient (Wildman–Crippen LogP) is 3.81. The number of methoxy groups -OCH3 is 1. The highest BCUT2D eigenvalue weighted by Crippen LogP contribution is 2.28. The minimum absolute atomic E-state index is 0.249. The van der Waals surface area contributed by atoms with Crippen molar-refractivity contribution in [3.63, 3.8) is 0 Å². The molecule has 0 spiro atoms. The van der Waals surface area contributed by atoms with Crippen LogP contribution in [0.3, 0.4) is 0 Å². The molecule has 0 saturated heterocycles. The summed E-state index contributed by atoms with van der Waals surface area (Å²) >= 11 is 0. The number of benzene rings is 2. The van der Waals surface area contributed by atoms with Crippen molar-refractivity contribution < 1.29 is 14.3 Å². The first-order chi connectivity index (χ1) is 11.2. The molecule has 0 aliphatic heterocycles. The summed E-state index contributed by atoms with van der Waals surface area (Å²) in [5.74, 6) is 1.38. The lowest BCUT2D eigenvalue weighted by Crippen LogP contribution is -2.28. The van der Waals surface area contributed by atoms with E-state index in [0.717, 1.165) is 17.7 Å². The number of hydrogen-bond donors (Lipinski definition) is 2. The Morgan fingerprint density at radius 2 is 1.87 bits per heavy atom. The zero-order valence-corrected chi connectivity index (χ0v) is 13.5. The Kier molecular flexibility index (Phi) is 6.29. The molecule has 122 valence electrons. The van der Waals surface area contributed by atoms with Gasteiger partial charge >= 0.3 is 6.03 Å². The van der Waals surface area contributed by atoms with Crippen molar-refractivity contribution in [1.29, 1.82) is 0 Å². The Morgan fingerprint density at radius 1 is 1.09 bits per heavy atom. The third-order valence-electron chi connectivity index (χ3n) is 3.17. The molecule has 0 atom stereocenters. The van der Waals surface area contributed by atoms with E-state index >= 15 is 0 Å². The molecule has 0 fully saturated rings. The highest BCUT2D eigenvalue weighted by atomic mass is 16.5. The monoisotopic (exact) mass is 314 g/mol. The summed E-state index contributed by atoms with van der Waals surface area (Å²) < 4.78 is 10.9. The van der Waals surface area contributed by atoms with Gasteiger partial charge in [0.1, 0.15) is 0 Å². The molecule has 5 nitrogen and oxygen atoms in total. The van der Waals surface area contributed by atoms with Gasteiger partial charge in [0, 0.05) is 12.2 Å². The normalized spacial score (nSPS) is 10.0. The van der Waals surface area contributed by atoms with E-state index < -0.39 is 0 Å². The van der Waals surface area contributed by atoms with Crippen LogP contribution in [0.4, 0.5) is 10.5 Å². The summed E-state index contributed by atoms with van der Waals surface area (Å²) in [6, 6.07) is 14.7. The van der Waals surface area contributed by atoms with E-state index in [-0.39, 0.29) is 6.03 Å². The Morgan fingerprint density at radius 3 is 2.57 bits per heavy atom. The standard InChI is InChI=1S/C18H22N2O3/c1-3-11-23-16-10-9-14(12-17(16)22-2)13-19-18(21)20-15-7-5-4-6-8-15/h4-10,12H,3,11,13H2,1-2H3,(H2,19,20,21). The molecule has 2 rings (SSSR count). The molecule has 0 saturated carbocycles. The van der Waals surface area contributed by atoms with Crippen LogP contribution in [0.5, 0.6) is 11.5 Å². The van der Waals surface area contributed by atoms with Crippen LogP contribution in [-0.4, -0.2) is 19.7 Å². The molecule has 23 heavy (non-hydrogen) atoms. The van der Waals surface area contributed by atoms with Gasteiger partial charge < -0.3 is 20.1 Å². The van der Waals surface area contributed by atoms with Crippen LogP contribution in [0.25, 0.3) is 0 Å². The quantitative estimate of drug-likeness (QED) is 0.817. The van der Waals surface area contributed by atoms with Crippen molar-refractivity contribution in [3.05, 3.63) is 54.1 Å². The Labute approximate surface area is 136 Å². The molecule has 2 aromatic rings. The number of rotatable bonds is 7. The van der Waals surface area contributed by atoms with Crippen molar-refractivity contribution in [2.75, 3.05) is 19.0 Å². The average molecular weight is 314 g/mol. The number of urea groups is 1. The van der Waals surface area contributed by atoms with E-state index in [0.29, 0.717) is 24.7 Å². The van der Waals surface area contributed by atoms with Gasteiger partial charge in [-0.05, 0) is 36.2 Å². The van der Waals surface area contributed by atoms with Gasteiger partial charge in [-0.3, -0.25) is 0 Å². The molecule has 0 bridgehead atoms. The predicted molar refractivity (Wildman–Crippen MR) is 91.1 cm³/mol. The van der Waals surface area contributed by atoms with Crippen LogP contribution in [0.15, 0.2) is 48.5 Å². The van der Waals surface area contributed by atoms with Gasteiger partial charge in [0.15, 0.2) is 11.5 Å². The average Bonchev–Trinajstić information content (AvgIpc) is 2.59. The van der Waals surface area contributed by atoms with Crippen molar-refractivity contribution >= 4 is 11.7 Å². The van der Waals surface area contributed by atoms with E-state index in [9.17, 15) is 4.79 Å². The van der Waals surface area contributed by atoms with Gasteiger partial charge in [-0.15, -0.1) is 0 Å². The lowest BCUT2D eigenvalue weighted by molar-refractivity contribution is 0.251. The molecule has 5 heteroatoms.